The number of carbonyl (C=O) groups excluding carboxylic acids is 1. The highest BCUT2D eigenvalue weighted by Gasteiger charge is 2.07. The summed E-state index contributed by atoms with van der Waals surface area (Å²) in [5.74, 6) is 1.15. The lowest BCUT2D eigenvalue weighted by Crippen LogP contribution is -1.94. The summed E-state index contributed by atoms with van der Waals surface area (Å²) in [4.78, 5) is 10.6. The molecule has 0 N–H and O–H groups in total. The zero-order valence-electron chi connectivity index (χ0n) is 7.88. The van der Waals surface area contributed by atoms with E-state index in [0.717, 1.165) is 18.8 Å². The van der Waals surface area contributed by atoms with E-state index in [-0.39, 0.29) is 0 Å². The molecule has 12 heavy (non-hydrogen) atoms. The van der Waals surface area contributed by atoms with Crippen molar-refractivity contribution in [3.05, 3.63) is 12.2 Å². The third-order valence-corrected chi connectivity index (χ3v) is 2.47. The van der Waals surface area contributed by atoms with Gasteiger partial charge in [0.05, 0.1) is 0 Å². The first kappa shape index (κ1) is 9.50. The van der Waals surface area contributed by atoms with E-state index in [0.29, 0.717) is 5.78 Å². The molecule has 0 saturated carbocycles. The molecule has 1 atom stereocenters. The van der Waals surface area contributed by atoms with Crippen LogP contribution in [0.25, 0.3) is 0 Å². The Morgan fingerprint density at radius 2 is 2.33 bits per heavy atom. The van der Waals surface area contributed by atoms with Crippen molar-refractivity contribution in [3.8, 4) is 0 Å². The topological polar surface area (TPSA) is 17.1 Å². The van der Waals surface area contributed by atoms with Gasteiger partial charge in [-0.3, -0.25) is 0 Å². The highest BCUT2D eigenvalue weighted by Crippen LogP contribution is 2.22. The van der Waals surface area contributed by atoms with Crippen molar-refractivity contribution in [2.75, 3.05) is 0 Å². The quantitative estimate of drug-likeness (QED) is 0.453. The number of hydrogen-bond acceptors (Lipinski definition) is 1. The number of allylic oxidation sites excluding steroid dienone is 2. The summed E-state index contributed by atoms with van der Waals surface area (Å²) in [5.41, 5.74) is 0. The van der Waals surface area contributed by atoms with Crippen molar-refractivity contribution in [1.82, 2.24) is 0 Å². The molecule has 0 aromatic rings. The average Bonchev–Trinajstić information content (AvgIpc) is 2.49. The number of carbonyl (C=O) groups is 1. The van der Waals surface area contributed by atoms with E-state index in [1.807, 2.05) is 0 Å². The molecule has 0 saturated heterocycles. The van der Waals surface area contributed by atoms with Crippen LogP contribution in [0.1, 0.15) is 45.4 Å². The Bertz CT molecular complexity index is 170. The summed E-state index contributed by atoms with van der Waals surface area (Å²) >= 11 is 0. The third-order valence-electron chi connectivity index (χ3n) is 2.47. The van der Waals surface area contributed by atoms with Gasteiger partial charge in [0.15, 0.2) is 0 Å². The molecule has 0 aliphatic heterocycles. The molecule has 0 aromatic heterocycles. The number of ketones is 1. The molecule has 0 radical (unpaired) electrons. The molecule has 1 nitrogen and oxygen atoms in total. The minimum atomic E-state index is 0.331. The Morgan fingerprint density at radius 3 is 2.92 bits per heavy atom. The van der Waals surface area contributed by atoms with Crippen LogP contribution < -0.4 is 0 Å². The van der Waals surface area contributed by atoms with Gasteiger partial charge in [-0.05, 0) is 38.5 Å². The third kappa shape index (κ3) is 3.70. The predicted octanol–water partition coefficient (Wildman–Crippen LogP) is 3.10. The van der Waals surface area contributed by atoms with Gasteiger partial charge in [0, 0.05) is 6.42 Å². The maximum atomic E-state index is 10.6. The number of rotatable bonds is 5. The molecule has 0 bridgehead atoms. The normalized spacial score (nSPS) is 21.6. The molecular formula is C11H18O. The van der Waals surface area contributed by atoms with Crippen LogP contribution in [0.15, 0.2) is 12.2 Å². The van der Waals surface area contributed by atoms with Crippen LogP contribution in [-0.2, 0) is 4.79 Å². The first-order valence-electron chi connectivity index (χ1n) is 4.95. The summed E-state index contributed by atoms with van der Waals surface area (Å²) in [6.45, 7) is 1.68. The maximum absolute atomic E-state index is 10.6. The summed E-state index contributed by atoms with van der Waals surface area (Å²) in [5, 5.41) is 0. The van der Waals surface area contributed by atoms with Crippen LogP contribution in [0.2, 0.25) is 0 Å². The lowest BCUT2D eigenvalue weighted by Gasteiger charge is -2.05. The molecule has 0 fully saturated rings. The fourth-order valence-electron chi connectivity index (χ4n) is 1.72. The van der Waals surface area contributed by atoms with Gasteiger partial charge >= 0.3 is 0 Å². The molecule has 0 spiro atoms. The molecule has 0 amide bonds. The van der Waals surface area contributed by atoms with Gasteiger partial charge in [0.25, 0.3) is 0 Å². The van der Waals surface area contributed by atoms with E-state index in [4.69, 9.17) is 0 Å². The molecule has 1 aliphatic carbocycles. The Labute approximate surface area is 74.9 Å². The molecule has 1 aliphatic rings. The molecule has 0 aromatic carbocycles. The van der Waals surface area contributed by atoms with Crippen LogP contribution in [0.5, 0.6) is 0 Å². The lowest BCUT2D eigenvalue weighted by molar-refractivity contribution is -0.117. The zero-order valence-corrected chi connectivity index (χ0v) is 7.88. The monoisotopic (exact) mass is 166 g/mol. The second kappa shape index (κ2) is 5.13. The fraction of sp³-hybridized carbons (Fsp3) is 0.727. The number of unbranched alkanes of at least 4 members (excludes halogenated alkanes) is 1. The summed E-state index contributed by atoms with van der Waals surface area (Å²) in [6.07, 6.45) is 11.6. The Hall–Kier alpha value is -0.590. The predicted molar refractivity (Wildman–Crippen MR) is 51.0 cm³/mol. The lowest BCUT2D eigenvalue weighted by atomic mass is 10.0. The largest absolute Gasteiger partial charge is 0.300 e. The highest BCUT2D eigenvalue weighted by molar-refractivity contribution is 5.75. The Kier molecular flexibility index (Phi) is 4.06. The summed E-state index contributed by atoms with van der Waals surface area (Å²) in [7, 11) is 0. The number of Topliss-reactive ketones (excluding diaryl/α,β-unsaturated/α-hetero) is 1. The van der Waals surface area contributed by atoms with Gasteiger partial charge in [-0.1, -0.05) is 18.6 Å². The van der Waals surface area contributed by atoms with E-state index < -0.39 is 0 Å². The minimum absolute atomic E-state index is 0.331. The molecule has 68 valence electrons. The van der Waals surface area contributed by atoms with E-state index in [1.165, 1.54) is 25.7 Å². The van der Waals surface area contributed by atoms with Gasteiger partial charge in [-0.15, -0.1) is 0 Å². The van der Waals surface area contributed by atoms with Crippen molar-refractivity contribution >= 4 is 5.78 Å². The van der Waals surface area contributed by atoms with Crippen molar-refractivity contribution < 1.29 is 4.79 Å². The molecule has 1 unspecified atom stereocenters. The zero-order chi connectivity index (χ0) is 8.81. The molecular weight excluding hydrogens is 148 g/mol. The molecule has 1 rings (SSSR count). The highest BCUT2D eigenvalue weighted by atomic mass is 16.1. The minimum Gasteiger partial charge on any atom is -0.300 e. The Morgan fingerprint density at radius 1 is 1.50 bits per heavy atom. The SMILES string of the molecule is CC(=O)CCCCC1C=CCC1. The first-order valence-corrected chi connectivity index (χ1v) is 4.95. The summed E-state index contributed by atoms with van der Waals surface area (Å²) in [6, 6.07) is 0. The van der Waals surface area contributed by atoms with Crippen molar-refractivity contribution in [1.29, 1.82) is 0 Å². The van der Waals surface area contributed by atoms with Crippen molar-refractivity contribution in [3.63, 3.8) is 0 Å². The summed E-state index contributed by atoms with van der Waals surface area (Å²) < 4.78 is 0. The van der Waals surface area contributed by atoms with Crippen molar-refractivity contribution in [2.45, 2.75) is 45.4 Å². The van der Waals surface area contributed by atoms with Crippen LogP contribution in [0, 0.1) is 5.92 Å². The smallest absolute Gasteiger partial charge is 0.129 e. The van der Waals surface area contributed by atoms with Gasteiger partial charge < -0.3 is 4.79 Å². The fourth-order valence-corrected chi connectivity index (χ4v) is 1.72. The van der Waals surface area contributed by atoms with E-state index in [1.54, 1.807) is 6.92 Å². The first-order chi connectivity index (χ1) is 5.79. The van der Waals surface area contributed by atoms with Gasteiger partial charge in [-0.25, -0.2) is 0 Å². The Balaban J connectivity index is 1.95. The molecule has 0 heterocycles. The van der Waals surface area contributed by atoms with E-state index in [2.05, 4.69) is 12.2 Å². The van der Waals surface area contributed by atoms with Crippen molar-refractivity contribution in [2.24, 2.45) is 5.92 Å². The van der Waals surface area contributed by atoms with E-state index >= 15 is 0 Å². The van der Waals surface area contributed by atoms with E-state index in [9.17, 15) is 4.79 Å². The molecule has 1 heteroatoms. The average molecular weight is 166 g/mol. The van der Waals surface area contributed by atoms with Gasteiger partial charge in [0.1, 0.15) is 5.78 Å². The van der Waals surface area contributed by atoms with Crippen LogP contribution in [0.4, 0.5) is 0 Å². The van der Waals surface area contributed by atoms with Crippen LogP contribution >= 0.6 is 0 Å². The van der Waals surface area contributed by atoms with Crippen LogP contribution in [-0.4, -0.2) is 5.78 Å². The standard InChI is InChI=1S/C11H18O/c1-10(12)6-2-3-7-11-8-4-5-9-11/h4,8,11H,2-3,5-7,9H2,1H3. The maximum Gasteiger partial charge on any atom is 0.129 e. The second-order valence-corrected chi connectivity index (χ2v) is 3.71. The van der Waals surface area contributed by atoms with Gasteiger partial charge in [0.2, 0.25) is 0 Å². The van der Waals surface area contributed by atoms with Gasteiger partial charge in [-0.2, -0.15) is 0 Å². The second-order valence-electron chi connectivity index (χ2n) is 3.71. The number of hydrogen-bond donors (Lipinski definition) is 0. The van der Waals surface area contributed by atoms with Crippen LogP contribution in [0.3, 0.4) is 0 Å².